The van der Waals surface area contributed by atoms with Crippen LogP contribution in [0.3, 0.4) is 0 Å². The largest absolute Gasteiger partial charge is 0.472 e. The lowest BCUT2D eigenvalue weighted by Gasteiger charge is -2.21. The Morgan fingerprint density at radius 3 is 0.989 bits per heavy atom. The van der Waals surface area contributed by atoms with E-state index in [-0.39, 0.29) is 19.3 Å². The summed E-state index contributed by atoms with van der Waals surface area (Å²) in [5.74, 6) is -1.63. The zero-order chi connectivity index (χ0) is 65.3. The second-order valence-electron chi connectivity index (χ2n) is 22.2. The SMILES string of the molecule is CC/C=C\C/C=C\C/C=C\C/C=C\C/C=C\CCCCCCCC(=O)OCC(O)COP(=O)(O)OCC(O)COP(=O)(O)OCC(COC(=O)CCCCCCC/C=C\C/C=C\C/C=C\C/C=C\CCCCC)OC(=O)CCCCCCC/C=C\CCCC. The molecule has 0 aliphatic carbocycles. The van der Waals surface area contributed by atoms with Crippen molar-refractivity contribution in [3.63, 3.8) is 0 Å². The van der Waals surface area contributed by atoms with Crippen LogP contribution >= 0.6 is 15.6 Å². The van der Waals surface area contributed by atoms with Crippen molar-refractivity contribution < 1.29 is 75.8 Å². The van der Waals surface area contributed by atoms with Crippen molar-refractivity contribution in [3.05, 3.63) is 122 Å². The minimum absolute atomic E-state index is 0.0864. The summed E-state index contributed by atoms with van der Waals surface area (Å²) in [6.07, 6.45) is 72.6. The topological polar surface area (TPSA) is 231 Å². The zero-order valence-electron chi connectivity index (χ0n) is 55.1. The predicted molar refractivity (Wildman–Crippen MR) is 362 cm³/mol. The molecular formula is C71H120O16P2. The van der Waals surface area contributed by atoms with E-state index in [9.17, 15) is 43.5 Å². The van der Waals surface area contributed by atoms with Gasteiger partial charge in [-0.1, -0.05) is 226 Å². The molecule has 0 spiro atoms. The average molecular weight is 1290 g/mol. The molecule has 4 N–H and O–H groups in total. The second-order valence-corrected chi connectivity index (χ2v) is 25.1. The van der Waals surface area contributed by atoms with E-state index < -0.39 is 91.5 Å². The number of rotatable bonds is 63. The van der Waals surface area contributed by atoms with Gasteiger partial charge in [0, 0.05) is 19.3 Å². The summed E-state index contributed by atoms with van der Waals surface area (Å²) >= 11 is 0. The fraction of sp³-hybridized carbons (Fsp3) is 0.676. The molecule has 0 bridgehead atoms. The normalized spacial score (nSPS) is 15.0. The van der Waals surface area contributed by atoms with Gasteiger partial charge in [0.25, 0.3) is 0 Å². The van der Waals surface area contributed by atoms with E-state index in [4.69, 9.17) is 32.3 Å². The molecule has 0 aliphatic heterocycles. The summed E-state index contributed by atoms with van der Waals surface area (Å²) in [6.45, 7) is 2.41. The second kappa shape index (κ2) is 64.1. The number of allylic oxidation sites excluding steroid dienone is 20. The van der Waals surface area contributed by atoms with Crippen LogP contribution in [0, 0.1) is 0 Å². The highest BCUT2D eigenvalue weighted by Crippen LogP contribution is 2.45. The first kappa shape index (κ1) is 85.0. The van der Waals surface area contributed by atoms with Crippen molar-refractivity contribution >= 4 is 33.6 Å². The summed E-state index contributed by atoms with van der Waals surface area (Å²) in [5.41, 5.74) is 0. The van der Waals surface area contributed by atoms with Crippen LogP contribution < -0.4 is 0 Å². The Balaban J connectivity index is 4.64. The van der Waals surface area contributed by atoms with Crippen molar-refractivity contribution in [3.8, 4) is 0 Å². The van der Waals surface area contributed by atoms with Gasteiger partial charge in [-0.25, -0.2) is 9.13 Å². The molecule has 0 aromatic rings. The third-order valence-electron chi connectivity index (χ3n) is 13.6. The van der Waals surface area contributed by atoms with Crippen LogP contribution in [-0.4, -0.2) is 95.9 Å². The molecule has 0 saturated heterocycles. The van der Waals surface area contributed by atoms with Crippen molar-refractivity contribution in [2.75, 3.05) is 39.6 Å². The average Bonchev–Trinajstić information content (AvgIpc) is 3.64. The van der Waals surface area contributed by atoms with Gasteiger partial charge < -0.3 is 34.2 Å². The monoisotopic (exact) mass is 1290 g/mol. The van der Waals surface area contributed by atoms with Crippen molar-refractivity contribution in [1.82, 2.24) is 0 Å². The number of ether oxygens (including phenoxy) is 3. The first-order valence-electron chi connectivity index (χ1n) is 33.8. The van der Waals surface area contributed by atoms with Crippen LogP contribution in [0.2, 0.25) is 0 Å². The standard InChI is InChI=1S/C71H120O16P2/c1-4-7-10-13-16-19-22-24-26-28-30-32-34-36-38-40-43-45-48-51-54-57-69(74)81-60-66(72)61-83-88(77,78)84-62-67(73)63-85-89(79,80)86-65-68(87-71(76)59-56-53-50-47-42-21-18-15-12-9-6-3)64-82-70(75)58-55-52-49-46-44-41-39-37-35-33-31-29-27-25-23-20-17-14-11-8-5-2/h7,10,15-20,24-27,30-33,36-39,66-68,72-73H,4-6,8-9,11-14,21-23,28-29,34-35,40-65H2,1-3H3,(H,77,78)(H,79,80)/b10-7-,18-15-,19-16-,20-17-,26-24-,27-25-,32-30-,33-31-,38-36-,39-37-. The molecule has 5 atom stereocenters. The van der Waals surface area contributed by atoms with Gasteiger partial charge in [0.1, 0.15) is 25.4 Å². The molecule has 89 heavy (non-hydrogen) atoms. The number of aliphatic hydroxyl groups is 2. The molecule has 0 aromatic heterocycles. The molecule has 0 aromatic carbocycles. The number of hydrogen-bond acceptors (Lipinski definition) is 14. The Labute approximate surface area is 538 Å². The van der Waals surface area contributed by atoms with Gasteiger partial charge in [-0.15, -0.1) is 0 Å². The molecule has 0 amide bonds. The van der Waals surface area contributed by atoms with Crippen LogP contribution in [0.25, 0.3) is 0 Å². The first-order valence-corrected chi connectivity index (χ1v) is 36.8. The number of aliphatic hydroxyl groups excluding tert-OH is 2. The van der Waals surface area contributed by atoms with Gasteiger partial charge in [0.15, 0.2) is 6.10 Å². The van der Waals surface area contributed by atoms with E-state index >= 15 is 0 Å². The number of unbranched alkanes of at least 4 members (excludes halogenated alkanes) is 20. The summed E-state index contributed by atoms with van der Waals surface area (Å²) in [7, 11) is -9.79. The lowest BCUT2D eigenvalue weighted by molar-refractivity contribution is -0.161. The van der Waals surface area contributed by atoms with Crippen LogP contribution in [0.15, 0.2) is 122 Å². The summed E-state index contributed by atoms with van der Waals surface area (Å²) in [6, 6.07) is 0. The maximum Gasteiger partial charge on any atom is 0.472 e. The number of esters is 3. The Morgan fingerprint density at radius 1 is 0.326 bits per heavy atom. The smallest absolute Gasteiger partial charge is 0.463 e. The Bertz CT molecular complexity index is 2110. The molecular weight excluding hydrogens is 1170 g/mol. The molecule has 0 rings (SSSR count). The lowest BCUT2D eigenvalue weighted by atomic mass is 10.1. The van der Waals surface area contributed by atoms with Crippen molar-refractivity contribution in [2.24, 2.45) is 0 Å². The Hall–Kier alpha value is -4.05. The Morgan fingerprint density at radius 2 is 0.607 bits per heavy atom. The fourth-order valence-corrected chi connectivity index (χ4v) is 10.0. The van der Waals surface area contributed by atoms with Crippen LogP contribution in [0.1, 0.15) is 252 Å². The van der Waals surface area contributed by atoms with Gasteiger partial charge in [-0.2, -0.15) is 0 Å². The van der Waals surface area contributed by atoms with E-state index in [1.807, 2.05) is 0 Å². The van der Waals surface area contributed by atoms with Crippen LogP contribution in [0.5, 0.6) is 0 Å². The molecule has 16 nitrogen and oxygen atoms in total. The zero-order valence-corrected chi connectivity index (χ0v) is 56.8. The number of phosphoric ester groups is 2. The highest BCUT2D eigenvalue weighted by molar-refractivity contribution is 7.47. The van der Waals surface area contributed by atoms with E-state index in [1.54, 1.807) is 0 Å². The van der Waals surface area contributed by atoms with Gasteiger partial charge in [-0.3, -0.25) is 32.5 Å². The Kier molecular flexibility index (Phi) is 61.2. The van der Waals surface area contributed by atoms with Crippen molar-refractivity contribution in [1.29, 1.82) is 0 Å². The third-order valence-corrected chi connectivity index (χ3v) is 15.5. The van der Waals surface area contributed by atoms with Crippen LogP contribution in [0.4, 0.5) is 0 Å². The first-order chi connectivity index (χ1) is 43.2. The van der Waals surface area contributed by atoms with E-state index in [1.165, 1.54) is 38.5 Å². The quantitative estimate of drug-likeness (QED) is 0.0146. The van der Waals surface area contributed by atoms with Crippen molar-refractivity contribution in [2.45, 2.75) is 270 Å². The third kappa shape index (κ3) is 65.3. The summed E-state index contributed by atoms with van der Waals surface area (Å²) in [4.78, 5) is 58.3. The highest BCUT2D eigenvalue weighted by atomic mass is 31.2. The molecule has 0 aliphatic rings. The van der Waals surface area contributed by atoms with E-state index in [0.717, 1.165) is 154 Å². The molecule has 0 radical (unpaired) electrons. The summed E-state index contributed by atoms with van der Waals surface area (Å²) in [5, 5.41) is 20.5. The fourth-order valence-electron chi connectivity index (χ4n) is 8.44. The van der Waals surface area contributed by atoms with Gasteiger partial charge in [0.2, 0.25) is 0 Å². The van der Waals surface area contributed by atoms with Gasteiger partial charge >= 0.3 is 33.6 Å². The molecule has 0 saturated carbocycles. The minimum Gasteiger partial charge on any atom is -0.463 e. The maximum atomic E-state index is 12.9. The molecule has 18 heteroatoms. The van der Waals surface area contributed by atoms with Gasteiger partial charge in [-0.05, 0) is 128 Å². The van der Waals surface area contributed by atoms with E-state index in [2.05, 4.69) is 142 Å². The van der Waals surface area contributed by atoms with Crippen LogP contribution in [-0.2, 0) is 55.8 Å². The number of carbonyl (C=O) groups excluding carboxylic acids is 3. The summed E-state index contributed by atoms with van der Waals surface area (Å²) < 4.78 is 60.8. The number of carbonyl (C=O) groups is 3. The molecule has 0 heterocycles. The highest BCUT2D eigenvalue weighted by Gasteiger charge is 2.29. The molecule has 510 valence electrons. The lowest BCUT2D eigenvalue weighted by Crippen LogP contribution is -2.30. The van der Waals surface area contributed by atoms with Gasteiger partial charge in [0.05, 0.1) is 26.4 Å². The predicted octanol–water partition coefficient (Wildman–Crippen LogP) is 18.6. The molecule has 0 fully saturated rings. The van der Waals surface area contributed by atoms with E-state index in [0.29, 0.717) is 19.3 Å². The number of hydrogen-bond donors (Lipinski definition) is 4. The minimum atomic E-state index is -4.93. The molecule has 5 unspecified atom stereocenters. The maximum absolute atomic E-state index is 12.9. The number of phosphoric acid groups is 2.